The van der Waals surface area contributed by atoms with Crippen molar-refractivity contribution in [3.63, 3.8) is 0 Å². The van der Waals surface area contributed by atoms with Gasteiger partial charge in [0.25, 0.3) is 5.91 Å². The Labute approximate surface area is 176 Å². The average molecular weight is 396 g/mol. The van der Waals surface area contributed by atoms with Crippen LogP contribution in [0.4, 0.5) is 11.5 Å². The number of carbonyl (C=O) groups is 1. The lowest BCUT2D eigenvalue weighted by molar-refractivity contribution is 0.0941. The summed E-state index contributed by atoms with van der Waals surface area (Å²) >= 11 is 0. The second-order valence-electron chi connectivity index (χ2n) is 7.26. The highest BCUT2D eigenvalue weighted by Gasteiger charge is 2.14. The number of para-hydroxylation sites is 1. The van der Waals surface area contributed by atoms with Crippen molar-refractivity contribution in [3.05, 3.63) is 95.3 Å². The number of anilines is 2. The van der Waals surface area contributed by atoms with Crippen molar-refractivity contribution >= 4 is 28.3 Å². The summed E-state index contributed by atoms with van der Waals surface area (Å²) in [5.41, 5.74) is 5.13. The second kappa shape index (κ2) is 8.74. The van der Waals surface area contributed by atoms with Gasteiger partial charge in [0, 0.05) is 17.6 Å². The fourth-order valence-corrected chi connectivity index (χ4v) is 3.20. The molecule has 0 atom stereocenters. The minimum Gasteiger partial charge on any atom is -0.345 e. The molecule has 0 saturated heterocycles. The smallest absolute Gasteiger partial charge is 0.289 e. The van der Waals surface area contributed by atoms with Gasteiger partial charge in [0.15, 0.2) is 0 Å². The Bertz CT molecular complexity index is 1170. The van der Waals surface area contributed by atoms with Crippen LogP contribution in [0.1, 0.15) is 34.2 Å². The third-order valence-corrected chi connectivity index (χ3v) is 5.00. The molecule has 0 fully saturated rings. The molecule has 2 N–H and O–H groups in total. The Morgan fingerprint density at radius 3 is 2.30 bits per heavy atom. The molecule has 3 aromatic carbocycles. The maximum atomic E-state index is 12.8. The summed E-state index contributed by atoms with van der Waals surface area (Å²) in [5.74, 6) is 0.461. The van der Waals surface area contributed by atoms with Gasteiger partial charge >= 0.3 is 0 Å². The molecule has 1 heterocycles. The van der Waals surface area contributed by atoms with Gasteiger partial charge in [-0.15, -0.1) is 0 Å². The van der Waals surface area contributed by atoms with Crippen molar-refractivity contribution in [3.8, 4) is 0 Å². The van der Waals surface area contributed by atoms with Crippen LogP contribution in [-0.4, -0.2) is 15.9 Å². The van der Waals surface area contributed by atoms with E-state index in [1.165, 1.54) is 11.1 Å². The number of hydrogen-bond donors (Lipinski definition) is 2. The fraction of sp³-hybridized carbons (Fsp3) is 0.160. The van der Waals surface area contributed by atoms with Crippen molar-refractivity contribution in [2.75, 3.05) is 5.32 Å². The predicted octanol–water partition coefficient (Wildman–Crippen LogP) is 5.17. The SMILES string of the molecule is CCc1ccc(CNC(=O)c2nc(Nc3ccc(C)cc3)c3ccccc3n2)cc1. The molecule has 0 saturated carbocycles. The number of hydrogen-bond acceptors (Lipinski definition) is 4. The normalized spacial score (nSPS) is 10.7. The monoisotopic (exact) mass is 396 g/mol. The van der Waals surface area contributed by atoms with Crippen molar-refractivity contribution in [1.82, 2.24) is 15.3 Å². The van der Waals surface area contributed by atoms with E-state index < -0.39 is 0 Å². The van der Waals surface area contributed by atoms with Gasteiger partial charge in [0.1, 0.15) is 5.82 Å². The van der Waals surface area contributed by atoms with E-state index in [9.17, 15) is 4.79 Å². The highest BCUT2D eigenvalue weighted by atomic mass is 16.2. The van der Waals surface area contributed by atoms with E-state index in [4.69, 9.17) is 0 Å². The molecule has 4 aromatic rings. The average Bonchev–Trinajstić information content (AvgIpc) is 2.79. The molecule has 1 aromatic heterocycles. The van der Waals surface area contributed by atoms with E-state index in [1.807, 2.05) is 67.6 Å². The Kier molecular flexibility index (Phi) is 5.70. The second-order valence-corrected chi connectivity index (χ2v) is 7.26. The standard InChI is InChI=1S/C25H24N4O/c1-3-18-10-12-19(13-11-18)16-26-25(30)24-28-22-7-5-4-6-21(22)23(29-24)27-20-14-8-17(2)9-15-20/h4-15H,3,16H2,1-2H3,(H,26,30)(H,27,28,29). The summed E-state index contributed by atoms with van der Waals surface area (Å²) < 4.78 is 0. The van der Waals surface area contributed by atoms with Crippen LogP contribution in [0.15, 0.2) is 72.8 Å². The van der Waals surface area contributed by atoms with E-state index in [1.54, 1.807) is 0 Å². The molecule has 1 amide bonds. The molecule has 0 bridgehead atoms. The molecule has 0 spiro atoms. The van der Waals surface area contributed by atoms with Crippen LogP contribution in [-0.2, 0) is 13.0 Å². The third-order valence-electron chi connectivity index (χ3n) is 5.00. The zero-order chi connectivity index (χ0) is 20.9. The Balaban J connectivity index is 1.58. The largest absolute Gasteiger partial charge is 0.345 e. The Hall–Kier alpha value is -3.73. The highest BCUT2D eigenvalue weighted by molar-refractivity contribution is 5.97. The number of fused-ring (bicyclic) bond motifs is 1. The topological polar surface area (TPSA) is 66.9 Å². The first-order valence-corrected chi connectivity index (χ1v) is 10.1. The lowest BCUT2D eigenvalue weighted by Gasteiger charge is -2.11. The molecule has 0 aliphatic carbocycles. The van der Waals surface area contributed by atoms with Crippen molar-refractivity contribution in [2.45, 2.75) is 26.8 Å². The lowest BCUT2D eigenvalue weighted by Crippen LogP contribution is -2.25. The van der Waals surface area contributed by atoms with E-state index in [0.29, 0.717) is 12.4 Å². The molecule has 5 heteroatoms. The Morgan fingerprint density at radius 2 is 1.57 bits per heavy atom. The number of amides is 1. The molecule has 0 aliphatic rings. The van der Waals surface area contributed by atoms with Gasteiger partial charge in [-0.1, -0.05) is 61.0 Å². The van der Waals surface area contributed by atoms with Gasteiger partial charge in [-0.05, 0) is 48.7 Å². The summed E-state index contributed by atoms with van der Waals surface area (Å²) in [4.78, 5) is 21.8. The summed E-state index contributed by atoms with van der Waals surface area (Å²) in [5, 5.41) is 7.11. The van der Waals surface area contributed by atoms with Crippen molar-refractivity contribution in [2.24, 2.45) is 0 Å². The summed E-state index contributed by atoms with van der Waals surface area (Å²) in [6.07, 6.45) is 0.994. The minimum absolute atomic E-state index is 0.147. The van der Waals surface area contributed by atoms with E-state index in [2.05, 4.69) is 39.7 Å². The number of rotatable bonds is 6. The fourth-order valence-electron chi connectivity index (χ4n) is 3.20. The van der Waals surface area contributed by atoms with E-state index in [-0.39, 0.29) is 11.7 Å². The molecule has 5 nitrogen and oxygen atoms in total. The maximum Gasteiger partial charge on any atom is 0.289 e. The van der Waals surface area contributed by atoms with Crippen LogP contribution < -0.4 is 10.6 Å². The number of benzene rings is 3. The first-order valence-electron chi connectivity index (χ1n) is 10.1. The number of nitrogens with zero attached hydrogens (tertiary/aromatic N) is 2. The number of aromatic nitrogens is 2. The number of carbonyl (C=O) groups excluding carboxylic acids is 1. The number of aryl methyl sites for hydroxylation is 2. The highest BCUT2D eigenvalue weighted by Crippen LogP contribution is 2.24. The van der Waals surface area contributed by atoms with Crippen LogP contribution >= 0.6 is 0 Å². The minimum atomic E-state index is -0.299. The molecule has 30 heavy (non-hydrogen) atoms. The van der Waals surface area contributed by atoms with Crippen LogP contribution in [0.2, 0.25) is 0 Å². The summed E-state index contributed by atoms with van der Waals surface area (Å²) in [7, 11) is 0. The summed E-state index contributed by atoms with van der Waals surface area (Å²) in [6.45, 7) is 4.60. The third kappa shape index (κ3) is 4.46. The quantitative estimate of drug-likeness (QED) is 0.472. The van der Waals surface area contributed by atoms with E-state index in [0.717, 1.165) is 28.6 Å². The van der Waals surface area contributed by atoms with Crippen LogP contribution in [0.5, 0.6) is 0 Å². The van der Waals surface area contributed by atoms with Gasteiger partial charge in [-0.3, -0.25) is 4.79 Å². The van der Waals surface area contributed by atoms with Crippen LogP contribution in [0, 0.1) is 6.92 Å². The van der Waals surface area contributed by atoms with Gasteiger partial charge in [0.05, 0.1) is 5.52 Å². The molecular weight excluding hydrogens is 372 g/mol. The molecule has 0 radical (unpaired) electrons. The van der Waals surface area contributed by atoms with Gasteiger partial charge in [-0.25, -0.2) is 9.97 Å². The molecule has 0 aliphatic heterocycles. The van der Waals surface area contributed by atoms with Crippen molar-refractivity contribution < 1.29 is 4.79 Å². The van der Waals surface area contributed by atoms with Crippen LogP contribution in [0.3, 0.4) is 0 Å². The first-order chi connectivity index (χ1) is 14.6. The molecule has 0 unspecified atom stereocenters. The van der Waals surface area contributed by atoms with E-state index >= 15 is 0 Å². The van der Waals surface area contributed by atoms with Crippen molar-refractivity contribution in [1.29, 1.82) is 0 Å². The summed E-state index contributed by atoms with van der Waals surface area (Å²) in [6, 6.07) is 23.9. The molecule has 4 rings (SSSR count). The maximum absolute atomic E-state index is 12.8. The van der Waals surface area contributed by atoms with Crippen LogP contribution in [0.25, 0.3) is 10.9 Å². The van der Waals surface area contributed by atoms with Gasteiger partial charge < -0.3 is 10.6 Å². The zero-order valence-corrected chi connectivity index (χ0v) is 17.1. The first kappa shape index (κ1) is 19.6. The molecular formula is C25H24N4O. The predicted molar refractivity (Wildman–Crippen MR) is 121 cm³/mol. The van der Waals surface area contributed by atoms with Gasteiger partial charge in [-0.2, -0.15) is 0 Å². The molecule has 150 valence electrons. The number of nitrogens with one attached hydrogen (secondary N) is 2. The zero-order valence-electron chi connectivity index (χ0n) is 17.1. The Morgan fingerprint density at radius 1 is 0.867 bits per heavy atom. The van der Waals surface area contributed by atoms with Gasteiger partial charge in [0.2, 0.25) is 5.82 Å². The lowest BCUT2D eigenvalue weighted by atomic mass is 10.1.